The van der Waals surface area contributed by atoms with Gasteiger partial charge in [-0.1, -0.05) is 18.2 Å². The normalized spacial score (nSPS) is 22.4. The van der Waals surface area contributed by atoms with Gasteiger partial charge in [-0.15, -0.1) is 0 Å². The molecular formula is C20H21N3O2. The molecule has 1 aromatic heterocycles. The minimum atomic E-state index is -0.367. The summed E-state index contributed by atoms with van der Waals surface area (Å²) in [4.78, 5) is 33.4. The van der Waals surface area contributed by atoms with Crippen LogP contribution in [0.5, 0.6) is 0 Å². The molecule has 0 bridgehead atoms. The van der Waals surface area contributed by atoms with Gasteiger partial charge in [0.1, 0.15) is 0 Å². The molecule has 0 radical (unpaired) electrons. The van der Waals surface area contributed by atoms with Crippen molar-refractivity contribution in [2.24, 2.45) is 5.92 Å². The van der Waals surface area contributed by atoms with Crippen LogP contribution >= 0.6 is 0 Å². The number of benzene rings is 1. The predicted octanol–water partition coefficient (Wildman–Crippen LogP) is 2.50. The molecule has 2 atom stereocenters. The first kappa shape index (κ1) is 15.8. The van der Waals surface area contributed by atoms with E-state index in [2.05, 4.69) is 23.2 Å². The van der Waals surface area contributed by atoms with Gasteiger partial charge in [0, 0.05) is 38.1 Å². The highest BCUT2D eigenvalue weighted by Gasteiger charge is 2.45. The highest BCUT2D eigenvalue weighted by Crippen LogP contribution is 2.40. The zero-order valence-corrected chi connectivity index (χ0v) is 14.5. The van der Waals surface area contributed by atoms with Crippen molar-refractivity contribution in [3.63, 3.8) is 0 Å². The maximum absolute atomic E-state index is 13.3. The number of rotatable bonds is 2. The van der Waals surface area contributed by atoms with Gasteiger partial charge in [-0.2, -0.15) is 0 Å². The molecule has 5 nitrogen and oxygen atoms in total. The van der Waals surface area contributed by atoms with Crippen molar-refractivity contribution in [1.82, 2.24) is 9.88 Å². The minimum Gasteiger partial charge on any atom is -0.338 e. The molecule has 1 aromatic carbocycles. The van der Waals surface area contributed by atoms with Gasteiger partial charge in [-0.25, -0.2) is 0 Å². The lowest BCUT2D eigenvalue weighted by Gasteiger charge is -2.28. The summed E-state index contributed by atoms with van der Waals surface area (Å²) in [6, 6.07) is 9.79. The maximum Gasteiger partial charge on any atom is 0.233 e. The minimum absolute atomic E-state index is 0.0101. The summed E-state index contributed by atoms with van der Waals surface area (Å²) >= 11 is 0. The number of anilines is 1. The van der Waals surface area contributed by atoms with Gasteiger partial charge in [0.25, 0.3) is 0 Å². The molecule has 5 heteroatoms. The van der Waals surface area contributed by atoms with Crippen LogP contribution in [0.25, 0.3) is 0 Å². The van der Waals surface area contributed by atoms with Crippen molar-refractivity contribution in [3.05, 3.63) is 59.4 Å². The number of carbonyl (C=O) groups is 2. The summed E-state index contributed by atoms with van der Waals surface area (Å²) in [5.74, 6) is -0.320. The molecule has 4 rings (SSSR count). The zero-order chi connectivity index (χ0) is 17.6. The molecule has 1 saturated heterocycles. The summed E-state index contributed by atoms with van der Waals surface area (Å²) < 4.78 is 0. The molecule has 0 aliphatic carbocycles. The van der Waals surface area contributed by atoms with Crippen molar-refractivity contribution in [2.75, 3.05) is 18.5 Å². The third kappa shape index (κ3) is 2.60. The van der Waals surface area contributed by atoms with Crippen LogP contribution < -0.4 is 4.90 Å². The monoisotopic (exact) mass is 335 g/mol. The maximum atomic E-state index is 13.3. The van der Waals surface area contributed by atoms with Crippen molar-refractivity contribution in [3.8, 4) is 0 Å². The molecule has 2 amide bonds. The van der Waals surface area contributed by atoms with Crippen molar-refractivity contribution in [1.29, 1.82) is 0 Å². The Balaban J connectivity index is 1.68. The first-order valence-corrected chi connectivity index (χ1v) is 8.63. The molecule has 0 N–H and O–H groups in total. The van der Waals surface area contributed by atoms with Crippen LogP contribution in [0.1, 0.15) is 29.2 Å². The lowest BCUT2D eigenvalue weighted by atomic mass is 9.93. The smallest absolute Gasteiger partial charge is 0.233 e. The number of aryl methyl sites for hydroxylation is 1. The summed E-state index contributed by atoms with van der Waals surface area (Å²) in [5.41, 5.74) is 4.26. The standard InChI is InChI=1S/C20H21N3O2/c1-13-5-6-14-7-9-23(17(14)10-13)20(25)16-11-18(24)22(2)19(16)15-4-3-8-21-12-15/h3-6,8,10,12,16,19H,7,9,11H2,1-2H3/t16-,19-/m0/s1. The number of likely N-dealkylation sites (tertiary alicyclic amines) is 1. The first-order chi connectivity index (χ1) is 12.1. The van der Waals surface area contributed by atoms with E-state index in [1.54, 1.807) is 24.3 Å². The van der Waals surface area contributed by atoms with Crippen LogP contribution in [-0.4, -0.2) is 35.3 Å². The Hall–Kier alpha value is -2.69. The predicted molar refractivity (Wildman–Crippen MR) is 95.1 cm³/mol. The summed E-state index contributed by atoms with van der Waals surface area (Å²) in [6.45, 7) is 2.72. The molecule has 0 unspecified atom stereocenters. The average molecular weight is 335 g/mol. The summed E-state index contributed by atoms with van der Waals surface area (Å²) in [6.07, 6.45) is 4.58. The fourth-order valence-electron chi connectivity index (χ4n) is 4.02. The number of carbonyl (C=O) groups excluding carboxylic acids is 2. The van der Waals surface area contributed by atoms with Gasteiger partial charge in [-0.05, 0) is 42.2 Å². The Labute approximate surface area is 147 Å². The molecule has 2 aliphatic heterocycles. The number of fused-ring (bicyclic) bond motifs is 1. The van der Waals surface area contributed by atoms with Gasteiger partial charge in [0.05, 0.1) is 12.0 Å². The summed E-state index contributed by atoms with van der Waals surface area (Å²) in [5, 5.41) is 0. The van der Waals surface area contributed by atoms with Gasteiger partial charge < -0.3 is 9.80 Å². The van der Waals surface area contributed by atoms with Gasteiger partial charge in [0.15, 0.2) is 0 Å². The third-order valence-electron chi connectivity index (χ3n) is 5.33. The van der Waals surface area contributed by atoms with Crippen molar-refractivity contribution in [2.45, 2.75) is 25.8 Å². The molecule has 2 aliphatic rings. The van der Waals surface area contributed by atoms with E-state index in [1.807, 2.05) is 24.0 Å². The summed E-state index contributed by atoms with van der Waals surface area (Å²) in [7, 11) is 1.77. The average Bonchev–Trinajstić information content (AvgIpc) is 3.16. The number of hydrogen-bond acceptors (Lipinski definition) is 3. The Morgan fingerprint density at radius 3 is 2.88 bits per heavy atom. The number of aromatic nitrogens is 1. The van der Waals surface area contributed by atoms with E-state index < -0.39 is 0 Å². The number of amides is 2. The molecule has 128 valence electrons. The lowest BCUT2D eigenvalue weighted by molar-refractivity contribution is -0.128. The fraction of sp³-hybridized carbons (Fsp3) is 0.350. The molecule has 0 spiro atoms. The Bertz CT molecular complexity index is 834. The van der Waals surface area contributed by atoms with E-state index in [1.165, 1.54) is 5.56 Å². The lowest BCUT2D eigenvalue weighted by Crippen LogP contribution is -2.37. The van der Waals surface area contributed by atoms with Crippen molar-refractivity contribution >= 4 is 17.5 Å². The van der Waals surface area contributed by atoms with Crippen molar-refractivity contribution < 1.29 is 9.59 Å². The van der Waals surface area contributed by atoms with Gasteiger partial charge in [0.2, 0.25) is 11.8 Å². The van der Waals surface area contributed by atoms with E-state index in [9.17, 15) is 9.59 Å². The number of nitrogens with zero attached hydrogens (tertiary/aromatic N) is 3. The number of pyridine rings is 1. The second kappa shape index (κ2) is 5.99. The van der Waals surface area contributed by atoms with Gasteiger partial charge in [-0.3, -0.25) is 14.6 Å². The quantitative estimate of drug-likeness (QED) is 0.847. The van der Waals surface area contributed by atoms with Crippen LogP contribution in [-0.2, 0) is 16.0 Å². The van der Waals surface area contributed by atoms with E-state index in [0.717, 1.165) is 23.2 Å². The highest BCUT2D eigenvalue weighted by molar-refractivity contribution is 6.01. The molecule has 25 heavy (non-hydrogen) atoms. The molecule has 3 heterocycles. The van der Waals surface area contributed by atoms with Crippen LogP contribution in [0, 0.1) is 12.8 Å². The van der Waals surface area contributed by atoms with E-state index in [-0.39, 0.29) is 30.2 Å². The molecular weight excluding hydrogens is 314 g/mol. The molecule has 1 fully saturated rings. The van der Waals surface area contributed by atoms with Crippen LogP contribution in [0.2, 0.25) is 0 Å². The fourth-order valence-corrected chi connectivity index (χ4v) is 4.02. The Kier molecular flexibility index (Phi) is 3.79. The molecule has 0 saturated carbocycles. The second-order valence-electron chi connectivity index (χ2n) is 6.92. The number of hydrogen-bond donors (Lipinski definition) is 0. The Morgan fingerprint density at radius 1 is 1.28 bits per heavy atom. The largest absolute Gasteiger partial charge is 0.338 e. The van der Waals surface area contributed by atoms with Crippen LogP contribution in [0.4, 0.5) is 5.69 Å². The Morgan fingerprint density at radius 2 is 2.12 bits per heavy atom. The third-order valence-corrected chi connectivity index (χ3v) is 5.33. The van der Waals surface area contributed by atoms with Crippen LogP contribution in [0.3, 0.4) is 0 Å². The van der Waals surface area contributed by atoms with E-state index >= 15 is 0 Å². The topological polar surface area (TPSA) is 53.5 Å². The SMILES string of the molecule is Cc1ccc2c(c1)N(C(=O)[C@H]1CC(=O)N(C)[C@H]1c1cccnc1)CC2. The van der Waals surface area contributed by atoms with Gasteiger partial charge >= 0.3 is 0 Å². The second-order valence-corrected chi connectivity index (χ2v) is 6.92. The van der Waals surface area contributed by atoms with E-state index in [0.29, 0.717) is 6.54 Å². The zero-order valence-electron chi connectivity index (χ0n) is 14.5. The van der Waals surface area contributed by atoms with E-state index in [4.69, 9.17) is 0 Å². The van der Waals surface area contributed by atoms with Crippen LogP contribution in [0.15, 0.2) is 42.7 Å². The molecule has 2 aromatic rings. The first-order valence-electron chi connectivity index (χ1n) is 8.63. The highest BCUT2D eigenvalue weighted by atomic mass is 16.2.